The van der Waals surface area contributed by atoms with Crippen LogP contribution in [0.2, 0.25) is 0 Å². The summed E-state index contributed by atoms with van der Waals surface area (Å²) < 4.78 is 42.0. The van der Waals surface area contributed by atoms with Gasteiger partial charge in [-0.15, -0.1) is 0 Å². The van der Waals surface area contributed by atoms with Crippen molar-refractivity contribution < 1.29 is 27.5 Å². The third kappa shape index (κ3) is 4.17. The molecular formula is C17H17F2NO4. The summed E-state index contributed by atoms with van der Waals surface area (Å²) in [5, 5.41) is 0. The summed E-state index contributed by atoms with van der Waals surface area (Å²) in [5.41, 5.74) is 0.661. The molecule has 0 unspecified atom stereocenters. The number of carbonyl (C=O) groups is 1. The van der Waals surface area contributed by atoms with Gasteiger partial charge < -0.3 is 13.9 Å². The molecule has 0 N–H and O–H groups in total. The van der Waals surface area contributed by atoms with Crippen molar-refractivity contribution in [3.05, 3.63) is 41.8 Å². The quantitative estimate of drug-likeness (QED) is 0.784. The second-order valence-corrected chi connectivity index (χ2v) is 5.62. The van der Waals surface area contributed by atoms with Gasteiger partial charge in [0.25, 0.3) is 0 Å². The monoisotopic (exact) mass is 337 g/mol. The van der Waals surface area contributed by atoms with Crippen molar-refractivity contribution in [3.63, 3.8) is 0 Å². The Morgan fingerprint density at radius 3 is 2.92 bits per heavy atom. The number of hydrogen-bond acceptors (Lipinski definition) is 5. The van der Waals surface area contributed by atoms with E-state index >= 15 is 0 Å². The smallest absolute Gasteiger partial charge is 0.312 e. The average molecular weight is 337 g/mol. The maximum Gasteiger partial charge on any atom is 0.312 e. The molecule has 1 aromatic heterocycles. The van der Waals surface area contributed by atoms with E-state index in [2.05, 4.69) is 4.98 Å². The molecule has 1 aromatic carbocycles. The Labute approximate surface area is 137 Å². The molecule has 1 saturated heterocycles. The van der Waals surface area contributed by atoms with Crippen LogP contribution in [-0.2, 0) is 20.7 Å². The van der Waals surface area contributed by atoms with Crippen LogP contribution < -0.4 is 0 Å². The van der Waals surface area contributed by atoms with E-state index in [1.807, 2.05) is 0 Å². The summed E-state index contributed by atoms with van der Waals surface area (Å²) in [6.45, 7) is 0.926. The normalized spacial score (nSPS) is 17.7. The first-order chi connectivity index (χ1) is 11.6. The molecule has 1 atom stereocenters. The van der Waals surface area contributed by atoms with Crippen LogP contribution in [0.5, 0.6) is 0 Å². The highest BCUT2D eigenvalue weighted by Gasteiger charge is 2.17. The van der Waals surface area contributed by atoms with Crippen LogP contribution in [0, 0.1) is 11.6 Å². The summed E-state index contributed by atoms with van der Waals surface area (Å²) >= 11 is 0. The van der Waals surface area contributed by atoms with Gasteiger partial charge in [0, 0.05) is 12.2 Å². The van der Waals surface area contributed by atoms with Crippen molar-refractivity contribution in [1.29, 1.82) is 0 Å². The number of halogens is 2. The Morgan fingerprint density at radius 1 is 1.29 bits per heavy atom. The van der Waals surface area contributed by atoms with E-state index in [9.17, 15) is 13.6 Å². The lowest BCUT2D eigenvalue weighted by molar-refractivity contribution is -0.148. The third-order valence-corrected chi connectivity index (χ3v) is 3.75. The lowest BCUT2D eigenvalue weighted by Gasteiger charge is -2.21. The van der Waals surface area contributed by atoms with Crippen molar-refractivity contribution in [1.82, 2.24) is 4.98 Å². The standard InChI is InChI=1S/C17H17F2NO4/c18-14-5-4-11(7-15(14)19)17-20-12(9-24-17)8-16(21)23-10-13-3-1-2-6-22-13/h4-5,7,9,13H,1-3,6,8,10H2/t13-/m1/s1. The van der Waals surface area contributed by atoms with Crippen LogP contribution >= 0.6 is 0 Å². The minimum atomic E-state index is -0.987. The highest BCUT2D eigenvalue weighted by Crippen LogP contribution is 2.21. The molecule has 2 heterocycles. The maximum absolute atomic E-state index is 13.2. The van der Waals surface area contributed by atoms with Gasteiger partial charge in [0.15, 0.2) is 11.6 Å². The average Bonchev–Trinajstić information content (AvgIpc) is 3.05. The Bertz CT molecular complexity index is 710. The lowest BCUT2D eigenvalue weighted by Crippen LogP contribution is -2.26. The second kappa shape index (κ2) is 7.53. The predicted molar refractivity (Wildman–Crippen MR) is 80.1 cm³/mol. The first-order valence-corrected chi connectivity index (χ1v) is 7.79. The second-order valence-electron chi connectivity index (χ2n) is 5.62. The minimum absolute atomic E-state index is 0.0437. The molecule has 128 valence electrons. The number of oxazole rings is 1. The molecule has 0 saturated carbocycles. The number of esters is 1. The van der Waals surface area contributed by atoms with Gasteiger partial charge in [-0.05, 0) is 37.5 Å². The van der Waals surface area contributed by atoms with E-state index in [1.54, 1.807) is 0 Å². The number of benzene rings is 1. The molecule has 0 spiro atoms. The van der Waals surface area contributed by atoms with E-state index < -0.39 is 17.6 Å². The Kier molecular flexibility index (Phi) is 5.20. The van der Waals surface area contributed by atoms with Crippen LogP contribution in [0.1, 0.15) is 25.0 Å². The fourth-order valence-corrected chi connectivity index (χ4v) is 2.47. The SMILES string of the molecule is O=C(Cc1coc(-c2ccc(F)c(F)c2)n1)OC[C@H]1CCCCO1. The Balaban J connectivity index is 1.55. The molecule has 5 nitrogen and oxygen atoms in total. The van der Waals surface area contributed by atoms with E-state index in [0.29, 0.717) is 17.9 Å². The third-order valence-electron chi connectivity index (χ3n) is 3.75. The molecule has 1 fully saturated rings. The molecule has 0 bridgehead atoms. The summed E-state index contributed by atoms with van der Waals surface area (Å²) in [7, 11) is 0. The van der Waals surface area contributed by atoms with Gasteiger partial charge >= 0.3 is 5.97 Å². The van der Waals surface area contributed by atoms with Crippen molar-refractivity contribution in [2.24, 2.45) is 0 Å². The number of carbonyl (C=O) groups excluding carboxylic acids is 1. The zero-order valence-corrected chi connectivity index (χ0v) is 13.0. The van der Waals surface area contributed by atoms with Crippen molar-refractivity contribution >= 4 is 5.97 Å². The summed E-state index contributed by atoms with van der Waals surface area (Å²) in [4.78, 5) is 15.9. The van der Waals surface area contributed by atoms with E-state index in [4.69, 9.17) is 13.9 Å². The number of ether oxygens (including phenoxy) is 2. The Morgan fingerprint density at radius 2 is 2.17 bits per heavy atom. The summed E-state index contributed by atoms with van der Waals surface area (Å²) in [6.07, 6.45) is 4.20. The van der Waals surface area contributed by atoms with Gasteiger partial charge in [-0.1, -0.05) is 0 Å². The molecule has 0 radical (unpaired) electrons. The highest BCUT2D eigenvalue weighted by molar-refractivity contribution is 5.72. The number of hydrogen-bond donors (Lipinski definition) is 0. The summed E-state index contributed by atoms with van der Waals surface area (Å²) in [5.74, 6) is -2.25. The zero-order valence-electron chi connectivity index (χ0n) is 13.0. The fraction of sp³-hybridized carbons (Fsp3) is 0.412. The topological polar surface area (TPSA) is 61.6 Å². The maximum atomic E-state index is 13.2. The molecule has 7 heteroatoms. The van der Waals surface area contributed by atoms with Gasteiger partial charge in [0.1, 0.15) is 12.9 Å². The van der Waals surface area contributed by atoms with E-state index in [0.717, 1.165) is 31.4 Å². The molecule has 3 rings (SSSR count). The van der Waals surface area contributed by atoms with Crippen LogP contribution in [0.3, 0.4) is 0 Å². The van der Waals surface area contributed by atoms with Crippen LogP contribution in [0.15, 0.2) is 28.9 Å². The molecule has 1 aliphatic rings. The van der Waals surface area contributed by atoms with E-state index in [1.165, 1.54) is 12.3 Å². The first-order valence-electron chi connectivity index (χ1n) is 7.79. The highest BCUT2D eigenvalue weighted by atomic mass is 19.2. The predicted octanol–water partition coefficient (Wildman–Crippen LogP) is 3.27. The van der Waals surface area contributed by atoms with Gasteiger partial charge in [-0.2, -0.15) is 0 Å². The molecule has 2 aromatic rings. The molecule has 0 amide bonds. The lowest BCUT2D eigenvalue weighted by atomic mass is 10.1. The number of nitrogens with zero attached hydrogens (tertiary/aromatic N) is 1. The van der Waals surface area contributed by atoms with Crippen molar-refractivity contribution in [3.8, 4) is 11.5 Å². The van der Waals surface area contributed by atoms with Gasteiger partial charge in [-0.25, -0.2) is 13.8 Å². The fourth-order valence-electron chi connectivity index (χ4n) is 2.47. The van der Waals surface area contributed by atoms with Crippen LogP contribution in [0.4, 0.5) is 8.78 Å². The molecular weight excluding hydrogens is 320 g/mol. The minimum Gasteiger partial charge on any atom is -0.463 e. The summed E-state index contributed by atoms with van der Waals surface area (Å²) in [6, 6.07) is 3.34. The molecule has 1 aliphatic heterocycles. The van der Waals surface area contributed by atoms with Crippen LogP contribution in [0.25, 0.3) is 11.5 Å². The van der Waals surface area contributed by atoms with E-state index in [-0.39, 0.29) is 25.0 Å². The van der Waals surface area contributed by atoms with Gasteiger partial charge in [-0.3, -0.25) is 4.79 Å². The first kappa shape index (κ1) is 16.6. The molecule has 24 heavy (non-hydrogen) atoms. The number of aromatic nitrogens is 1. The Hall–Kier alpha value is -2.28. The van der Waals surface area contributed by atoms with Crippen LogP contribution in [-0.4, -0.2) is 30.3 Å². The number of rotatable bonds is 5. The van der Waals surface area contributed by atoms with Crippen molar-refractivity contribution in [2.75, 3.05) is 13.2 Å². The van der Waals surface area contributed by atoms with Gasteiger partial charge in [0.2, 0.25) is 5.89 Å². The largest absolute Gasteiger partial charge is 0.463 e. The zero-order chi connectivity index (χ0) is 16.9. The van der Waals surface area contributed by atoms with Crippen molar-refractivity contribution in [2.45, 2.75) is 31.8 Å². The molecule has 0 aliphatic carbocycles. The van der Waals surface area contributed by atoms with Gasteiger partial charge in [0.05, 0.1) is 18.2 Å².